The number of thioether (sulfide) groups is 1. The summed E-state index contributed by atoms with van der Waals surface area (Å²) in [7, 11) is 0. The lowest BCUT2D eigenvalue weighted by atomic mass is 9.84. The Kier molecular flexibility index (Phi) is 6.47. The van der Waals surface area contributed by atoms with Crippen molar-refractivity contribution in [3.63, 3.8) is 0 Å². The molecule has 2 aliphatic rings. The molecule has 1 saturated carbocycles. The third-order valence-electron chi connectivity index (χ3n) is 6.18. The zero-order chi connectivity index (χ0) is 23.7. The topological polar surface area (TPSA) is 101 Å². The molecule has 3 aromatic rings. The maximum Gasteiger partial charge on any atom is 0.237 e. The number of carbonyl (C=O) groups excluding carboxylic acids is 3. The predicted molar refractivity (Wildman–Crippen MR) is 134 cm³/mol. The van der Waals surface area contributed by atoms with Crippen molar-refractivity contribution in [3.8, 4) is 0 Å². The number of benzene rings is 2. The zero-order valence-electron chi connectivity index (χ0n) is 18.7. The van der Waals surface area contributed by atoms with Gasteiger partial charge in [-0.25, -0.2) is 0 Å². The van der Waals surface area contributed by atoms with Crippen LogP contribution in [0, 0.1) is 0 Å². The molecule has 1 heterocycles. The normalized spacial score (nSPS) is 16.5. The molecule has 2 aliphatic carbocycles. The minimum atomic E-state index is -0.412. The van der Waals surface area contributed by atoms with Crippen LogP contribution in [0.25, 0.3) is 0 Å². The Hall–Kier alpha value is -3.04. The molecule has 174 valence electrons. The Morgan fingerprint density at radius 1 is 0.971 bits per heavy atom. The van der Waals surface area contributed by atoms with Crippen LogP contribution in [-0.4, -0.2) is 39.0 Å². The molecular weight excluding hydrogens is 468 g/mol. The quantitative estimate of drug-likeness (QED) is 0.358. The van der Waals surface area contributed by atoms with E-state index in [1.54, 1.807) is 49.4 Å². The molecule has 2 N–H and O–H groups in total. The van der Waals surface area contributed by atoms with Crippen LogP contribution in [0.3, 0.4) is 0 Å². The third kappa shape index (κ3) is 4.63. The Bertz CT molecular complexity index is 1270. The van der Waals surface area contributed by atoms with Gasteiger partial charge in [0.15, 0.2) is 15.9 Å². The van der Waals surface area contributed by atoms with Gasteiger partial charge in [0.2, 0.25) is 11.0 Å². The van der Waals surface area contributed by atoms with Gasteiger partial charge in [0, 0.05) is 34.0 Å². The summed E-state index contributed by atoms with van der Waals surface area (Å²) in [4.78, 5) is 38.5. The SMILES string of the molecule is CC(Sc1nnc(NC2CCCCC2)s1)C(=O)Nc1ccc2c(c1)C(=O)c1ccccc1C2=O. The highest BCUT2D eigenvalue weighted by Gasteiger charge is 2.29. The lowest BCUT2D eigenvalue weighted by Gasteiger charge is -2.21. The minimum absolute atomic E-state index is 0.180. The van der Waals surface area contributed by atoms with E-state index in [4.69, 9.17) is 0 Å². The van der Waals surface area contributed by atoms with Gasteiger partial charge >= 0.3 is 0 Å². The fourth-order valence-electron chi connectivity index (χ4n) is 4.36. The standard InChI is InChI=1S/C25H24N4O3S2/c1-14(33-25-29-28-24(34-25)27-15-7-3-2-4-8-15)23(32)26-16-11-12-19-20(13-16)22(31)18-10-6-5-9-17(18)21(19)30/h5-6,9-15H,2-4,7-8H2,1H3,(H,26,32)(H,27,28). The largest absolute Gasteiger partial charge is 0.357 e. The van der Waals surface area contributed by atoms with E-state index in [0.29, 0.717) is 34.0 Å². The van der Waals surface area contributed by atoms with E-state index in [2.05, 4.69) is 20.8 Å². The lowest BCUT2D eigenvalue weighted by molar-refractivity contribution is -0.115. The average molecular weight is 493 g/mol. The molecule has 0 radical (unpaired) electrons. The van der Waals surface area contributed by atoms with E-state index in [9.17, 15) is 14.4 Å². The molecular formula is C25H24N4O3S2. The number of nitrogens with zero attached hydrogens (tertiary/aromatic N) is 2. The summed E-state index contributed by atoms with van der Waals surface area (Å²) in [5.41, 5.74) is 1.95. The van der Waals surface area contributed by atoms with Crippen molar-refractivity contribution in [1.29, 1.82) is 0 Å². The predicted octanol–water partition coefficient (Wildman–Crippen LogP) is 5.18. The summed E-state index contributed by atoms with van der Waals surface area (Å²) in [6, 6.07) is 12.1. The summed E-state index contributed by atoms with van der Waals surface area (Å²) in [5.74, 6) is -0.603. The van der Waals surface area contributed by atoms with Crippen LogP contribution >= 0.6 is 23.1 Å². The van der Waals surface area contributed by atoms with Gasteiger partial charge in [0.1, 0.15) is 0 Å². The molecule has 1 amide bonds. The van der Waals surface area contributed by atoms with Gasteiger partial charge in [-0.2, -0.15) is 0 Å². The van der Waals surface area contributed by atoms with Crippen molar-refractivity contribution in [2.75, 3.05) is 10.6 Å². The molecule has 1 aromatic heterocycles. The van der Waals surface area contributed by atoms with Crippen molar-refractivity contribution in [3.05, 3.63) is 64.7 Å². The number of aromatic nitrogens is 2. The fourth-order valence-corrected chi connectivity index (χ4v) is 6.34. The van der Waals surface area contributed by atoms with E-state index in [1.807, 2.05) is 0 Å². The second-order valence-corrected chi connectivity index (χ2v) is 11.1. The van der Waals surface area contributed by atoms with Crippen molar-refractivity contribution >= 4 is 51.4 Å². The highest BCUT2D eigenvalue weighted by molar-refractivity contribution is 8.02. The van der Waals surface area contributed by atoms with Crippen molar-refractivity contribution in [1.82, 2.24) is 10.2 Å². The van der Waals surface area contributed by atoms with E-state index in [1.165, 1.54) is 42.4 Å². The van der Waals surface area contributed by atoms with Crippen LogP contribution in [0.15, 0.2) is 46.8 Å². The fraction of sp³-hybridized carbons (Fsp3) is 0.320. The third-order valence-corrected chi connectivity index (χ3v) is 8.22. The Labute approximate surface area is 205 Å². The van der Waals surface area contributed by atoms with E-state index in [0.717, 1.165) is 22.3 Å². The van der Waals surface area contributed by atoms with Gasteiger partial charge in [0.05, 0.1) is 5.25 Å². The summed E-state index contributed by atoms with van der Waals surface area (Å²) >= 11 is 2.80. The molecule has 5 rings (SSSR count). The van der Waals surface area contributed by atoms with Crippen LogP contribution in [0.1, 0.15) is 70.9 Å². The summed E-state index contributed by atoms with van der Waals surface area (Å²) < 4.78 is 0.726. The molecule has 34 heavy (non-hydrogen) atoms. The lowest BCUT2D eigenvalue weighted by Crippen LogP contribution is -2.24. The summed E-state index contributed by atoms with van der Waals surface area (Å²) in [5, 5.41) is 15.1. The van der Waals surface area contributed by atoms with Gasteiger partial charge in [-0.1, -0.05) is 66.6 Å². The first-order valence-corrected chi connectivity index (χ1v) is 13.1. The van der Waals surface area contributed by atoms with Gasteiger partial charge < -0.3 is 10.6 Å². The Balaban J connectivity index is 1.23. The second-order valence-electron chi connectivity index (χ2n) is 8.57. The first-order valence-electron chi connectivity index (χ1n) is 11.4. The van der Waals surface area contributed by atoms with Crippen LogP contribution in [-0.2, 0) is 4.79 Å². The number of rotatable bonds is 6. The molecule has 2 aromatic carbocycles. The van der Waals surface area contributed by atoms with E-state index in [-0.39, 0.29) is 17.5 Å². The van der Waals surface area contributed by atoms with Crippen molar-refractivity contribution in [2.24, 2.45) is 0 Å². The Morgan fingerprint density at radius 3 is 2.38 bits per heavy atom. The van der Waals surface area contributed by atoms with Gasteiger partial charge in [0.25, 0.3) is 0 Å². The molecule has 1 unspecified atom stereocenters. The van der Waals surface area contributed by atoms with Crippen LogP contribution in [0.4, 0.5) is 10.8 Å². The number of fused-ring (bicyclic) bond motifs is 2. The van der Waals surface area contributed by atoms with Crippen molar-refractivity contribution < 1.29 is 14.4 Å². The molecule has 0 spiro atoms. The second kappa shape index (κ2) is 9.68. The van der Waals surface area contributed by atoms with Gasteiger partial charge in [-0.3, -0.25) is 14.4 Å². The van der Waals surface area contributed by atoms with Gasteiger partial charge in [-0.15, -0.1) is 10.2 Å². The smallest absolute Gasteiger partial charge is 0.237 e. The molecule has 0 aliphatic heterocycles. The molecule has 0 saturated heterocycles. The number of anilines is 2. The first-order chi connectivity index (χ1) is 16.5. The zero-order valence-corrected chi connectivity index (χ0v) is 20.3. The number of hydrogen-bond donors (Lipinski definition) is 2. The van der Waals surface area contributed by atoms with Gasteiger partial charge in [-0.05, 0) is 38.0 Å². The maximum atomic E-state index is 12.9. The number of nitrogens with one attached hydrogen (secondary N) is 2. The molecule has 9 heteroatoms. The van der Waals surface area contributed by atoms with Crippen LogP contribution in [0.2, 0.25) is 0 Å². The molecule has 1 fully saturated rings. The summed E-state index contributed by atoms with van der Waals surface area (Å²) in [6.07, 6.45) is 6.08. The number of ketones is 2. The monoisotopic (exact) mass is 492 g/mol. The maximum absolute atomic E-state index is 12.9. The number of carbonyl (C=O) groups is 3. The number of hydrogen-bond acceptors (Lipinski definition) is 8. The first kappa shape index (κ1) is 22.7. The molecule has 1 atom stereocenters. The van der Waals surface area contributed by atoms with E-state index < -0.39 is 5.25 Å². The van der Waals surface area contributed by atoms with Crippen LogP contribution < -0.4 is 10.6 Å². The van der Waals surface area contributed by atoms with Crippen molar-refractivity contribution in [2.45, 2.75) is 54.7 Å². The van der Waals surface area contributed by atoms with Crippen LogP contribution in [0.5, 0.6) is 0 Å². The molecule has 0 bridgehead atoms. The Morgan fingerprint density at radius 2 is 1.65 bits per heavy atom. The minimum Gasteiger partial charge on any atom is -0.357 e. The molecule has 7 nitrogen and oxygen atoms in total. The average Bonchev–Trinajstić information content (AvgIpc) is 3.29. The van der Waals surface area contributed by atoms with E-state index >= 15 is 0 Å². The highest BCUT2D eigenvalue weighted by atomic mass is 32.2. The summed E-state index contributed by atoms with van der Waals surface area (Å²) in [6.45, 7) is 1.80. The number of amides is 1. The highest BCUT2D eigenvalue weighted by Crippen LogP contribution is 2.32.